The van der Waals surface area contributed by atoms with Gasteiger partial charge in [-0.25, -0.2) is 13.9 Å². The third kappa shape index (κ3) is 4.89. The molecule has 196 valence electrons. The zero-order valence-electron chi connectivity index (χ0n) is 21.1. The lowest BCUT2D eigenvalue weighted by Crippen LogP contribution is -2.77. The number of hydrogen-bond donors (Lipinski definition) is 2. The molecular weight excluding hydrogens is 496 g/mol. The number of likely N-dealkylation sites (tertiary alicyclic amines) is 1. The standard InChI is InChI=1S/C26H30N4O6S/c1-17(2)24(31)30-15-26(16-30,25(32)28-33)29(4)37(34,35)21-11-9-20(10-12-21)36-14-19-13-18(3)27-23-8-6-5-7-22(19)23/h5-13,17,33H,14-16H2,1-4H3,(H,28,32). The van der Waals surface area contributed by atoms with Gasteiger partial charge in [-0.1, -0.05) is 32.0 Å². The number of amides is 2. The Hall–Kier alpha value is -3.54. The van der Waals surface area contributed by atoms with E-state index in [0.717, 1.165) is 26.5 Å². The number of likely N-dealkylation sites (N-methyl/N-ethyl adjacent to an activating group) is 1. The molecule has 1 saturated heterocycles. The van der Waals surface area contributed by atoms with Crippen molar-refractivity contribution in [2.24, 2.45) is 5.92 Å². The van der Waals surface area contributed by atoms with Crippen molar-refractivity contribution in [3.8, 4) is 5.75 Å². The highest BCUT2D eigenvalue weighted by molar-refractivity contribution is 7.89. The van der Waals surface area contributed by atoms with E-state index in [1.807, 2.05) is 37.3 Å². The number of nitrogens with zero attached hydrogens (tertiary/aromatic N) is 3. The predicted molar refractivity (Wildman–Crippen MR) is 136 cm³/mol. The van der Waals surface area contributed by atoms with Gasteiger partial charge < -0.3 is 9.64 Å². The number of nitrogens with one attached hydrogen (secondary N) is 1. The molecule has 0 unspecified atom stereocenters. The van der Waals surface area contributed by atoms with Crippen molar-refractivity contribution in [3.63, 3.8) is 0 Å². The van der Waals surface area contributed by atoms with E-state index in [1.54, 1.807) is 31.5 Å². The second-order valence-electron chi connectivity index (χ2n) is 9.49. The van der Waals surface area contributed by atoms with Crippen LogP contribution >= 0.6 is 0 Å². The van der Waals surface area contributed by atoms with Gasteiger partial charge in [0.2, 0.25) is 15.9 Å². The number of fused-ring (bicyclic) bond motifs is 1. The number of hydrogen-bond acceptors (Lipinski definition) is 7. The Morgan fingerprint density at radius 3 is 2.43 bits per heavy atom. The molecule has 0 saturated carbocycles. The van der Waals surface area contributed by atoms with Crippen molar-refractivity contribution >= 4 is 32.7 Å². The molecule has 0 bridgehead atoms. The zero-order valence-corrected chi connectivity index (χ0v) is 21.9. The van der Waals surface area contributed by atoms with Crippen LogP contribution in [-0.2, 0) is 26.2 Å². The van der Waals surface area contributed by atoms with Gasteiger partial charge in [-0.3, -0.25) is 19.8 Å². The van der Waals surface area contributed by atoms with Crippen LogP contribution in [0.25, 0.3) is 10.9 Å². The summed E-state index contributed by atoms with van der Waals surface area (Å²) >= 11 is 0. The quantitative estimate of drug-likeness (QED) is 0.341. The number of carbonyl (C=O) groups excluding carboxylic acids is 2. The molecule has 0 atom stereocenters. The van der Waals surface area contributed by atoms with Gasteiger partial charge in [0.15, 0.2) is 5.54 Å². The highest BCUT2D eigenvalue weighted by Gasteiger charge is 2.57. The molecule has 0 spiro atoms. The summed E-state index contributed by atoms with van der Waals surface area (Å²) in [7, 11) is -2.87. The van der Waals surface area contributed by atoms with Crippen molar-refractivity contribution in [2.45, 2.75) is 37.8 Å². The van der Waals surface area contributed by atoms with Crippen LogP contribution in [0.2, 0.25) is 0 Å². The Morgan fingerprint density at radius 2 is 1.81 bits per heavy atom. The van der Waals surface area contributed by atoms with Crippen LogP contribution in [0.5, 0.6) is 5.75 Å². The molecule has 10 nitrogen and oxygen atoms in total. The van der Waals surface area contributed by atoms with Gasteiger partial charge >= 0.3 is 0 Å². The lowest BCUT2D eigenvalue weighted by molar-refractivity contribution is -0.158. The smallest absolute Gasteiger partial charge is 0.268 e. The summed E-state index contributed by atoms with van der Waals surface area (Å²) < 4.78 is 33.6. The lowest BCUT2D eigenvalue weighted by atomic mass is 9.88. The fourth-order valence-electron chi connectivity index (χ4n) is 4.47. The van der Waals surface area contributed by atoms with Gasteiger partial charge in [-0.05, 0) is 43.3 Å². The first-order chi connectivity index (χ1) is 17.5. The fraction of sp³-hybridized carbons (Fsp3) is 0.346. The monoisotopic (exact) mass is 526 g/mol. The van der Waals surface area contributed by atoms with Crippen molar-refractivity contribution in [1.82, 2.24) is 19.7 Å². The van der Waals surface area contributed by atoms with Crippen molar-refractivity contribution in [3.05, 3.63) is 65.9 Å². The Bertz CT molecular complexity index is 1430. The van der Waals surface area contributed by atoms with Crippen molar-refractivity contribution in [1.29, 1.82) is 0 Å². The maximum absolute atomic E-state index is 13.4. The number of pyridine rings is 1. The molecular formula is C26H30N4O6S. The molecule has 11 heteroatoms. The number of aromatic nitrogens is 1. The molecule has 2 heterocycles. The van der Waals surface area contributed by atoms with Gasteiger partial charge in [0, 0.05) is 29.6 Å². The summed E-state index contributed by atoms with van der Waals surface area (Å²) in [6.45, 7) is 5.30. The minimum absolute atomic E-state index is 0.0497. The lowest BCUT2D eigenvalue weighted by Gasteiger charge is -2.52. The highest BCUT2D eigenvalue weighted by Crippen LogP contribution is 2.33. The number of sulfonamides is 1. The number of para-hydroxylation sites is 1. The van der Waals surface area contributed by atoms with E-state index >= 15 is 0 Å². The second-order valence-corrected chi connectivity index (χ2v) is 11.5. The van der Waals surface area contributed by atoms with Gasteiger partial charge in [0.05, 0.1) is 23.5 Å². The predicted octanol–water partition coefficient (Wildman–Crippen LogP) is 2.49. The Labute approximate surface area is 215 Å². The molecule has 1 aliphatic heterocycles. The van der Waals surface area contributed by atoms with Crippen LogP contribution in [0, 0.1) is 12.8 Å². The first kappa shape index (κ1) is 26.5. The average molecular weight is 527 g/mol. The molecule has 0 radical (unpaired) electrons. The van der Waals surface area contributed by atoms with E-state index in [-0.39, 0.29) is 36.4 Å². The van der Waals surface area contributed by atoms with Crippen molar-refractivity contribution in [2.75, 3.05) is 20.1 Å². The first-order valence-corrected chi connectivity index (χ1v) is 13.2. The third-order valence-electron chi connectivity index (χ3n) is 6.64. The number of rotatable bonds is 8. The molecule has 4 rings (SSSR count). The minimum atomic E-state index is -4.14. The van der Waals surface area contributed by atoms with Gasteiger partial charge in [-0.15, -0.1) is 0 Å². The molecule has 0 aliphatic carbocycles. The SMILES string of the molecule is Cc1cc(COc2ccc(S(=O)(=O)N(C)C3(C(=O)NO)CN(C(=O)C(C)C)C3)cc2)c2ccccc2n1. The van der Waals surface area contributed by atoms with E-state index < -0.39 is 21.5 Å². The number of hydroxylamine groups is 1. The van der Waals surface area contributed by atoms with Crippen LogP contribution in [0.3, 0.4) is 0 Å². The summed E-state index contributed by atoms with van der Waals surface area (Å²) in [5.74, 6) is -0.934. The zero-order chi connectivity index (χ0) is 27.0. The van der Waals surface area contributed by atoms with E-state index in [2.05, 4.69) is 4.98 Å². The van der Waals surface area contributed by atoms with Gasteiger partial charge in [0.1, 0.15) is 12.4 Å². The molecule has 1 aliphatic rings. The largest absolute Gasteiger partial charge is 0.489 e. The van der Waals surface area contributed by atoms with Crippen LogP contribution < -0.4 is 10.2 Å². The van der Waals surface area contributed by atoms with Crippen LogP contribution in [0.1, 0.15) is 25.1 Å². The van der Waals surface area contributed by atoms with Crippen LogP contribution in [0.15, 0.2) is 59.5 Å². The van der Waals surface area contributed by atoms with Crippen LogP contribution in [-0.4, -0.2) is 65.3 Å². The van der Waals surface area contributed by atoms with E-state index in [1.165, 1.54) is 24.1 Å². The molecule has 1 fully saturated rings. The Morgan fingerprint density at radius 1 is 1.16 bits per heavy atom. The maximum Gasteiger partial charge on any atom is 0.268 e. The summed E-state index contributed by atoms with van der Waals surface area (Å²) in [4.78, 5) is 30.7. The van der Waals surface area contributed by atoms with Gasteiger partial charge in [-0.2, -0.15) is 4.31 Å². The first-order valence-electron chi connectivity index (χ1n) is 11.8. The molecule has 1 aromatic heterocycles. The molecule has 3 aromatic rings. The van der Waals surface area contributed by atoms with Crippen LogP contribution in [0.4, 0.5) is 0 Å². The number of ether oxygens (including phenoxy) is 1. The molecule has 2 aromatic carbocycles. The van der Waals surface area contributed by atoms with Gasteiger partial charge in [0.25, 0.3) is 5.91 Å². The molecule has 2 amide bonds. The summed E-state index contributed by atoms with van der Waals surface area (Å²) in [6, 6.07) is 15.6. The fourth-order valence-corrected chi connectivity index (χ4v) is 5.92. The number of carbonyl (C=O) groups is 2. The van der Waals surface area contributed by atoms with E-state index in [0.29, 0.717) is 5.75 Å². The summed E-state index contributed by atoms with van der Waals surface area (Å²) in [5, 5.41) is 10.3. The topological polar surface area (TPSA) is 129 Å². The molecule has 37 heavy (non-hydrogen) atoms. The second kappa shape index (κ2) is 10.1. The number of benzene rings is 2. The summed E-state index contributed by atoms with van der Waals surface area (Å²) in [5.41, 5.74) is 2.63. The van der Waals surface area contributed by atoms with E-state index in [9.17, 15) is 23.2 Å². The minimum Gasteiger partial charge on any atom is -0.489 e. The Balaban J connectivity index is 1.51. The normalized spacial score (nSPS) is 15.1. The molecule has 2 N–H and O–H groups in total. The highest BCUT2D eigenvalue weighted by atomic mass is 32.2. The third-order valence-corrected chi connectivity index (χ3v) is 8.58. The van der Waals surface area contributed by atoms with Crippen molar-refractivity contribution < 1.29 is 28.0 Å². The Kier molecular flexibility index (Phi) is 7.22. The maximum atomic E-state index is 13.4. The average Bonchev–Trinajstić information content (AvgIpc) is 2.86. The number of aryl methyl sites for hydroxylation is 1. The van der Waals surface area contributed by atoms with E-state index in [4.69, 9.17) is 4.74 Å². The summed E-state index contributed by atoms with van der Waals surface area (Å²) in [6.07, 6.45) is 0.